The molecular weight excluding hydrogens is 472 g/mol. The molecule has 0 bridgehead atoms. The number of furan rings is 1. The fourth-order valence-electron chi connectivity index (χ4n) is 3.90. The summed E-state index contributed by atoms with van der Waals surface area (Å²) in [5, 5.41) is 0. The van der Waals surface area contributed by atoms with Gasteiger partial charge in [-0.15, -0.1) is 6.58 Å². The molecule has 2 aromatic carbocycles. The van der Waals surface area contributed by atoms with Gasteiger partial charge in [0.1, 0.15) is 23.8 Å². The van der Waals surface area contributed by atoms with E-state index in [1.165, 1.54) is 4.90 Å². The molecule has 0 aliphatic heterocycles. The monoisotopic (exact) mass is 506 g/mol. The van der Waals surface area contributed by atoms with E-state index in [2.05, 4.69) is 6.58 Å². The number of carbonyl (C=O) groups excluding carboxylic acids is 2. The Kier molecular flexibility index (Phi) is 9.77. The third kappa shape index (κ3) is 7.39. The van der Waals surface area contributed by atoms with E-state index in [4.69, 9.17) is 18.6 Å². The summed E-state index contributed by atoms with van der Waals surface area (Å²) < 4.78 is 21.6. The van der Waals surface area contributed by atoms with E-state index in [9.17, 15) is 9.59 Å². The Balaban J connectivity index is 1.78. The van der Waals surface area contributed by atoms with E-state index >= 15 is 0 Å². The first kappa shape index (κ1) is 27.4. The molecule has 0 spiro atoms. The average molecular weight is 507 g/mol. The van der Waals surface area contributed by atoms with Crippen molar-refractivity contribution >= 4 is 11.8 Å². The highest BCUT2D eigenvalue weighted by molar-refractivity contribution is 5.96. The standard InChI is InChI=1S/C29H34N2O6/c1-6-16-31(29(33)23-9-12-24(34-3)13-10-23)20-28(32)30(19-25-11-7-21(2)37-25)17-15-22-8-14-26(35-4)27(18-22)36-5/h6-14,18H,1,15-17,19-20H2,2-5H3. The first-order chi connectivity index (χ1) is 17.9. The van der Waals surface area contributed by atoms with Crippen LogP contribution in [0, 0.1) is 6.92 Å². The quantitative estimate of drug-likeness (QED) is 0.317. The van der Waals surface area contributed by atoms with Crippen molar-refractivity contribution in [2.45, 2.75) is 19.9 Å². The van der Waals surface area contributed by atoms with E-state index in [1.54, 1.807) is 56.6 Å². The van der Waals surface area contributed by atoms with Gasteiger partial charge in [0.05, 0.1) is 27.9 Å². The number of aryl methyl sites for hydroxylation is 1. The number of benzene rings is 2. The van der Waals surface area contributed by atoms with Gasteiger partial charge in [0, 0.05) is 18.7 Å². The summed E-state index contributed by atoms with van der Waals surface area (Å²) in [5.74, 6) is 2.91. The van der Waals surface area contributed by atoms with Crippen molar-refractivity contribution in [1.29, 1.82) is 0 Å². The van der Waals surface area contributed by atoms with E-state index in [1.807, 2.05) is 37.3 Å². The van der Waals surface area contributed by atoms with Crippen molar-refractivity contribution in [3.63, 3.8) is 0 Å². The summed E-state index contributed by atoms with van der Waals surface area (Å²) in [6.07, 6.45) is 2.19. The number of hydrogen-bond acceptors (Lipinski definition) is 6. The predicted octanol–water partition coefficient (Wildman–Crippen LogP) is 4.51. The van der Waals surface area contributed by atoms with Crippen LogP contribution in [-0.4, -0.2) is 62.6 Å². The smallest absolute Gasteiger partial charge is 0.254 e. The second-order valence-corrected chi connectivity index (χ2v) is 8.47. The molecule has 8 heteroatoms. The van der Waals surface area contributed by atoms with Crippen molar-refractivity contribution in [1.82, 2.24) is 9.80 Å². The molecule has 1 aromatic heterocycles. The van der Waals surface area contributed by atoms with Crippen LogP contribution in [0.15, 0.2) is 71.7 Å². The number of ether oxygens (including phenoxy) is 3. The van der Waals surface area contributed by atoms with Gasteiger partial charge in [-0.05, 0) is 67.4 Å². The maximum absolute atomic E-state index is 13.5. The van der Waals surface area contributed by atoms with Crippen LogP contribution in [0.25, 0.3) is 0 Å². The van der Waals surface area contributed by atoms with Gasteiger partial charge in [-0.2, -0.15) is 0 Å². The zero-order valence-electron chi connectivity index (χ0n) is 21.9. The molecule has 1 heterocycles. The van der Waals surface area contributed by atoms with Gasteiger partial charge >= 0.3 is 0 Å². The minimum Gasteiger partial charge on any atom is -0.497 e. The molecular formula is C29H34N2O6. The Morgan fingerprint density at radius 1 is 0.919 bits per heavy atom. The Morgan fingerprint density at radius 3 is 2.24 bits per heavy atom. The van der Waals surface area contributed by atoms with E-state index < -0.39 is 0 Å². The van der Waals surface area contributed by atoms with Crippen molar-refractivity contribution in [2.24, 2.45) is 0 Å². The lowest BCUT2D eigenvalue weighted by Crippen LogP contribution is -2.43. The van der Waals surface area contributed by atoms with Gasteiger partial charge in [0.15, 0.2) is 11.5 Å². The van der Waals surface area contributed by atoms with Crippen LogP contribution >= 0.6 is 0 Å². The molecule has 196 valence electrons. The van der Waals surface area contributed by atoms with Crippen LogP contribution in [0.4, 0.5) is 0 Å². The van der Waals surface area contributed by atoms with Crippen molar-refractivity contribution in [3.05, 3.63) is 89.9 Å². The van der Waals surface area contributed by atoms with Gasteiger partial charge in [0.25, 0.3) is 5.91 Å². The molecule has 0 saturated heterocycles. The van der Waals surface area contributed by atoms with E-state index in [0.29, 0.717) is 48.1 Å². The fourth-order valence-corrected chi connectivity index (χ4v) is 3.90. The lowest BCUT2D eigenvalue weighted by molar-refractivity contribution is -0.132. The molecule has 0 atom stereocenters. The average Bonchev–Trinajstić information content (AvgIpc) is 3.34. The number of rotatable bonds is 13. The molecule has 37 heavy (non-hydrogen) atoms. The van der Waals surface area contributed by atoms with Gasteiger partial charge in [-0.3, -0.25) is 9.59 Å². The van der Waals surface area contributed by atoms with E-state index in [0.717, 1.165) is 11.3 Å². The second-order valence-electron chi connectivity index (χ2n) is 8.47. The predicted molar refractivity (Wildman–Crippen MR) is 141 cm³/mol. The highest BCUT2D eigenvalue weighted by Gasteiger charge is 2.23. The maximum Gasteiger partial charge on any atom is 0.254 e. The van der Waals surface area contributed by atoms with Gasteiger partial charge in [0.2, 0.25) is 5.91 Å². The number of amides is 2. The number of nitrogens with zero attached hydrogens (tertiary/aromatic N) is 2. The highest BCUT2D eigenvalue weighted by Crippen LogP contribution is 2.28. The summed E-state index contributed by atoms with van der Waals surface area (Å²) in [5.41, 5.74) is 1.46. The van der Waals surface area contributed by atoms with Crippen LogP contribution in [0.1, 0.15) is 27.4 Å². The molecule has 0 unspecified atom stereocenters. The molecule has 0 radical (unpaired) electrons. The molecule has 3 aromatic rings. The van der Waals surface area contributed by atoms with Crippen molar-refractivity contribution in [2.75, 3.05) is 41.0 Å². The summed E-state index contributed by atoms with van der Waals surface area (Å²) in [7, 11) is 4.74. The fraction of sp³-hybridized carbons (Fsp3) is 0.310. The molecule has 3 rings (SSSR count). The minimum atomic E-state index is -0.260. The summed E-state index contributed by atoms with van der Waals surface area (Å²) in [4.78, 5) is 29.9. The van der Waals surface area contributed by atoms with Gasteiger partial charge < -0.3 is 28.4 Å². The molecule has 0 fully saturated rings. The molecule has 0 N–H and O–H groups in total. The molecule has 0 aliphatic rings. The largest absolute Gasteiger partial charge is 0.497 e. The SMILES string of the molecule is C=CCN(CC(=O)N(CCc1ccc(OC)c(OC)c1)Cc1ccc(C)o1)C(=O)c1ccc(OC)cc1. The third-order valence-corrected chi connectivity index (χ3v) is 5.91. The zero-order valence-corrected chi connectivity index (χ0v) is 21.9. The first-order valence-corrected chi connectivity index (χ1v) is 12.0. The Hall–Kier alpha value is -4.20. The lowest BCUT2D eigenvalue weighted by Gasteiger charge is -2.27. The molecule has 0 saturated carbocycles. The first-order valence-electron chi connectivity index (χ1n) is 12.0. The number of hydrogen-bond donors (Lipinski definition) is 0. The number of carbonyl (C=O) groups is 2. The summed E-state index contributed by atoms with van der Waals surface area (Å²) >= 11 is 0. The van der Waals surface area contributed by atoms with Crippen molar-refractivity contribution in [3.8, 4) is 17.2 Å². The zero-order chi connectivity index (χ0) is 26.8. The Morgan fingerprint density at radius 2 is 1.65 bits per heavy atom. The van der Waals surface area contributed by atoms with Crippen LogP contribution in [0.3, 0.4) is 0 Å². The van der Waals surface area contributed by atoms with Gasteiger partial charge in [-0.25, -0.2) is 0 Å². The molecule has 0 aliphatic carbocycles. The Bertz CT molecular complexity index is 1200. The van der Waals surface area contributed by atoms with Crippen LogP contribution in [0.5, 0.6) is 17.2 Å². The summed E-state index contributed by atoms with van der Waals surface area (Å²) in [6.45, 7) is 6.47. The number of methoxy groups -OCH3 is 3. The second kappa shape index (κ2) is 13.2. The van der Waals surface area contributed by atoms with Gasteiger partial charge in [-0.1, -0.05) is 12.1 Å². The Labute approximate surface area is 218 Å². The normalized spacial score (nSPS) is 10.5. The molecule has 2 amide bonds. The van der Waals surface area contributed by atoms with Crippen LogP contribution < -0.4 is 14.2 Å². The molecule has 8 nitrogen and oxygen atoms in total. The van der Waals surface area contributed by atoms with Crippen molar-refractivity contribution < 1.29 is 28.2 Å². The third-order valence-electron chi connectivity index (χ3n) is 5.91. The van der Waals surface area contributed by atoms with Crippen LogP contribution in [0.2, 0.25) is 0 Å². The topological polar surface area (TPSA) is 81.5 Å². The highest BCUT2D eigenvalue weighted by atomic mass is 16.5. The lowest BCUT2D eigenvalue weighted by atomic mass is 10.1. The van der Waals surface area contributed by atoms with E-state index in [-0.39, 0.29) is 24.9 Å². The maximum atomic E-state index is 13.5. The summed E-state index contributed by atoms with van der Waals surface area (Å²) in [6, 6.07) is 16.2. The van der Waals surface area contributed by atoms with Crippen LogP contribution in [-0.2, 0) is 17.8 Å². The minimum absolute atomic E-state index is 0.0947.